The standard InChI is InChI=1S/C7H12N2/c8-5-6-2-1-3-7(9)4-6/h3-4H,1-2,5,8-9H2. The summed E-state index contributed by atoms with van der Waals surface area (Å²) in [5.41, 5.74) is 13.1. The van der Waals surface area contributed by atoms with Crippen molar-refractivity contribution >= 4 is 0 Å². The second-order valence-electron chi connectivity index (χ2n) is 2.25. The third-order valence-corrected chi connectivity index (χ3v) is 1.48. The molecule has 0 aliphatic heterocycles. The van der Waals surface area contributed by atoms with Crippen LogP contribution in [0.3, 0.4) is 0 Å². The van der Waals surface area contributed by atoms with Crippen molar-refractivity contribution in [1.29, 1.82) is 0 Å². The van der Waals surface area contributed by atoms with E-state index in [0.717, 1.165) is 18.5 Å². The Morgan fingerprint density at radius 1 is 1.56 bits per heavy atom. The van der Waals surface area contributed by atoms with Gasteiger partial charge in [-0.2, -0.15) is 0 Å². The zero-order valence-electron chi connectivity index (χ0n) is 5.43. The molecule has 0 heterocycles. The summed E-state index contributed by atoms with van der Waals surface area (Å²) in [5.74, 6) is 0. The zero-order chi connectivity index (χ0) is 6.69. The van der Waals surface area contributed by atoms with Gasteiger partial charge >= 0.3 is 0 Å². The Bertz CT molecular complexity index is 156. The molecule has 0 atom stereocenters. The molecule has 0 aromatic rings. The highest BCUT2D eigenvalue weighted by atomic mass is 14.6. The van der Waals surface area contributed by atoms with E-state index in [0.29, 0.717) is 6.54 Å². The Morgan fingerprint density at radius 2 is 2.33 bits per heavy atom. The molecule has 2 nitrogen and oxygen atoms in total. The van der Waals surface area contributed by atoms with Crippen LogP contribution in [0.2, 0.25) is 0 Å². The summed E-state index contributed by atoms with van der Waals surface area (Å²) in [5, 5.41) is 0. The molecule has 0 radical (unpaired) electrons. The van der Waals surface area contributed by atoms with E-state index in [9.17, 15) is 0 Å². The molecule has 0 fully saturated rings. The Balaban J connectivity index is 2.63. The molecule has 0 unspecified atom stereocenters. The first kappa shape index (κ1) is 6.36. The maximum atomic E-state index is 5.53. The summed E-state index contributed by atoms with van der Waals surface area (Å²) in [6.45, 7) is 0.647. The molecule has 0 amide bonds. The van der Waals surface area contributed by atoms with Crippen LogP contribution < -0.4 is 11.5 Å². The molecule has 1 aliphatic carbocycles. The lowest BCUT2D eigenvalue weighted by Gasteiger charge is -2.07. The van der Waals surface area contributed by atoms with Crippen LogP contribution in [0, 0.1) is 0 Å². The van der Waals surface area contributed by atoms with E-state index in [-0.39, 0.29) is 0 Å². The number of nitrogens with two attached hydrogens (primary N) is 2. The molecule has 0 saturated heterocycles. The van der Waals surface area contributed by atoms with Crippen molar-refractivity contribution < 1.29 is 0 Å². The van der Waals surface area contributed by atoms with E-state index in [1.54, 1.807) is 0 Å². The van der Waals surface area contributed by atoms with Crippen LogP contribution in [0.25, 0.3) is 0 Å². The van der Waals surface area contributed by atoms with Crippen LogP contribution in [0.1, 0.15) is 12.8 Å². The van der Waals surface area contributed by atoms with Gasteiger partial charge in [-0.25, -0.2) is 0 Å². The predicted molar refractivity (Wildman–Crippen MR) is 38.6 cm³/mol. The van der Waals surface area contributed by atoms with Crippen molar-refractivity contribution in [3.63, 3.8) is 0 Å². The SMILES string of the molecule is NCC1=CC(N)=CCC1. The second-order valence-corrected chi connectivity index (χ2v) is 2.25. The van der Waals surface area contributed by atoms with Gasteiger partial charge < -0.3 is 11.5 Å². The molecule has 9 heavy (non-hydrogen) atoms. The molecule has 0 aromatic carbocycles. The first-order valence-corrected chi connectivity index (χ1v) is 3.18. The minimum atomic E-state index is 0.647. The molecule has 0 saturated carbocycles. The summed E-state index contributed by atoms with van der Waals surface area (Å²) in [6.07, 6.45) is 6.12. The Labute approximate surface area is 55.2 Å². The molecule has 1 aliphatic rings. The number of hydrogen-bond donors (Lipinski definition) is 2. The van der Waals surface area contributed by atoms with Gasteiger partial charge in [-0.05, 0) is 18.9 Å². The highest BCUT2D eigenvalue weighted by Crippen LogP contribution is 2.12. The lowest BCUT2D eigenvalue weighted by molar-refractivity contribution is 0.900. The molecule has 50 valence electrons. The summed E-state index contributed by atoms with van der Waals surface area (Å²) in [6, 6.07) is 0. The van der Waals surface area contributed by atoms with Crippen LogP contribution in [0.5, 0.6) is 0 Å². The summed E-state index contributed by atoms with van der Waals surface area (Å²) in [7, 11) is 0. The maximum Gasteiger partial charge on any atom is 0.0273 e. The van der Waals surface area contributed by atoms with E-state index in [2.05, 4.69) is 0 Å². The van der Waals surface area contributed by atoms with Gasteiger partial charge in [0.05, 0.1) is 0 Å². The van der Waals surface area contributed by atoms with Crippen molar-refractivity contribution in [2.24, 2.45) is 11.5 Å². The van der Waals surface area contributed by atoms with E-state index < -0.39 is 0 Å². The predicted octanol–water partition coefficient (Wildman–Crippen LogP) is 0.508. The minimum absolute atomic E-state index is 0.647. The van der Waals surface area contributed by atoms with Crippen LogP contribution in [0.4, 0.5) is 0 Å². The van der Waals surface area contributed by atoms with Gasteiger partial charge in [-0.3, -0.25) is 0 Å². The van der Waals surface area contributed by atoms with Gasteiger partial charge in [0, 0.05) is 12.2 Å². The number of hydrogen-bond acceptors (Lipinski definition) is 2. The van der Waals surface area contributed by atoms with Gasteiger partial charge in [0.1, 0.15) is 0 Å². The fourth-order valence-corrected chi connectivity index (χ4v) is 0.952. The molecule has 1 rings (SSSR count). The Hall–Kier alpha value is -0.760. The minimum Gasteiger partial charge on any atom is -0.399 e. The van der Waals surface area contributed by atoms with Crippen molar-refractivity contribution in [1.82, 2.24) is 0 Å². The van der Waals surface area contributed by atoms with Crippen LogP contribution in [-0.2, 0) is 0 Å². The van der Waals surface area contributed by atoms with E-state index in [1.165, 1.54) is 5.57 Å². The first-order chi connectivity index (χ1) is 4.33. The fraction of sp³-hybridized carbons (Fsp3) is 0.429. The average Bonchev–Trinajstić information content (AvgIpc) is 1.88. The van der Waals surface area contributed by atoms with Crippen molar-refractivity contribution in [3.05, 3.63) is 23.4 Å². The third-order valence-electron chi connectivity index (χ3n) is 1.48. The smallest absolute Gasteiger partial charge is 0.0273 e. The normalized spacial score (nSPS) is 18.8. The Morgan fingerprint density at radius 3 is 2.78 bits per heavy atom. The highest BCUT2D eigenvalue weighted by Gasteiger charge is 1.99. The van der Waals surface area contributed by atoms with Crippen molar-refractivity contribution in [2.75, 3.05) is 6.54 Å². The molecule has 0 bridgehead atoms. The van der Waals surface area contributed by atoms with Crippen molar-refractivity contribution in [3.8, 4) is 0 Å². The Kier molecular flexibility index (Phi) is 1.90. The van der Waals surface area contributed by atoms with Gasteiger partial charge in [-0.15, -0.1) is 0 Å². The molecular formula is C7H12N2. The second kappa shape index (κ2) is 2.69. The average molecular weight is 124 g/mol. The molecule has 0 aromatic heterocycles. The van der Waals surface area contributed by atoms with Crippen molar-refractivity contribution in [2.45, 2.75) is 12.8 Å². The summed E-state index contributed by atoms with van der Waals surface area (Å²) < 4.78 is 0. The lowest BCUT2D eigenvalue weighted by atomic mass is 10.0. The third kappa shape index (κ3) is 1.57. The quantitative estimate of drug-likeness (QED) is 0.535. The monoisotopic (exact) mass is 124 g/mol. The topological polar surface area (TPSA) is 52.0 Å². The molecule has 0 spiro atoms. The van der Waals surface area contributed by atoms with Gasteiger partial charge in [-0.1, -0.05) is 11.6 Å². The maximum absolute atomic E-state index is 5.53. The largest absolute Gasteiger partial charge is 0.399 e. The first-order valence-electron chi connectivity index (χ1n) is 3.18. The van der Waals surface area contributed by atoms with Gasteiger partial charge in [0.25, 0.3) is 0 Å². The molecular weight excluding hydrogens is 112 g/mol. The molecule has 2 heteroatoms. The highest BCUT2D eigenvalue weighted by molar-refractivity contribution is 5.25. The molecule has 4 N–H and O–H groups in total. The van der Waals surface area contributed by atoms with Crippen LogP contribution in [0.15, 0.2) is 23.4 Å². The van der Waals surface area contributed by atoms with Crippen LogP contribution in [-0.4, -0.2) is 6.54 Å². The summed E-state index contributed by atoms with van der Waals surface area (Å²) in [4.78, 5) is 0. The summed E-state index contributed by atoms with van der Waals surface area (Å²) >= 11 is 0. The van der Waals surface area contributed by atoms with Gasteiger partial charge in [0.15, 0.2) is 0 Å². The van der Waals surface area contributed by atoms with Crippen LogP contribution >= 0.6 is 0 Å². The number of rotatable bonds is 1. The fourth-order valence-electron chi connectivity index (χ4n) is 0.952. The van der Waals surface area contributed by atoms with E-state index in [1.807, 2.05) is 12.2 Å². The number of allylic oxidation sites excluding steroid dienone is 2. The lowest BCUT2D eigenvalue weighted by Crippen LogP contribution is -2.08. The zero-order valence-corrected chi connectivity index (χ0v) is 5.43. The van der Waals surface area contributed by atoms with Gasteiger partial charge in [0.2, 0.25) is 0 Å². The van der Waals surface area contributed by atoms with E-state index in [4.69, 9.17) is 11.5 Å². The van der Waals surface area contributed by atoms with E-state index >= 15 is 0 Å².